The summed E-state index contributed by atoms with van der Waals surface area (Å²) in [6.07, 6.45) is 0. The van der Waals surface area contributed by atoms with E-state index >= 15 is 0 Å². The van der Waals surface area contributed by atoms with Crippen molar-refractivity contribution in [2.24, 2.45) is 5.92 Å². The summed E-state index contributed by atoms with van der Waals surface area (Å²) in [7, 11) is 0. The number of nitro benzene ring substituents is 1. The Bertz CT molecular complexity index is 665. The molecule has 0 fully saturated rings. The summed E-state index contributed by atoms with van der Waals surface area (Å²) in [5.41, 5.74) is 0.965. The maximum atomic E-state index is 11.1. The van der Waals surface area contributed by atoms with Crippen LogP contribution < -0.4 is 5.32 Å². The number of carboxylic acid groups (broad SMARTS) is 1. The Balaban J connectivity index is 2.32. The van der Waals surface area contributed by atoms with Gasteiger partial charge in [0.25, 0.3) is 5.69 Å². The van der Waals surface area contributed by atoms with Gasteiger partial charge in [0.05, 0.1) is 16.0 Å². The lowest BCUT2D eigenvalue weighted by molar-refractivity contribution is -0.384. The first-order valence-electron chi connectivity index (χ1n) is 6.02. The number of aliphatic carboxylic acids is 1. The number of hydrogen-bond acceptors (Lipinski definition) is 5. The van der Waals surface area contributed by atoms with Gasteiger partial charge in [-0.1, -0.05) is 13.8 Å². The number of aromatic nitrogens is 2. The van der Waals surface area contributed by atoms with Crippen LogP contribution in [0.2, 0.25) is 0 Å². The van der Waals surface area contributed by atoms with Crippen molar-refractivity contribution in [3.63, 3.8) is 0 Å². The molecule has 0 saturated carbocycles. The third-order valence-corrected chi connectivity index (χ3v) is 2.90. The van der Waals surface area contributed by atoms with E-state index in [9.17, 15) is 14.9 Å². The molecule has 2 aromatic rings. The van der Waals surface area contributed by atoms with Crippen molar-refractivity contribution in [2.75, 3.05) is 5.32 Å². The number of H-pyrrole nitrogens is 1. The van der Waals surface area contributed by atoms with Gasteiger partial charge in [-0.3, -0.25) is 10.1 Å². The Morgan fingerprint density at radius 2 is 2.20 bits per heavy atom. The Hall–Kier alpha value is -2.64. The van der Waals surface area contributed by atoms with Crippen molar-refractivity contribution in [1.82, 2.24) is 9.97 Å². The van der Waals surface area contributed by atoms with Gasteiger partial charge >= 0.3 is 5.97 Å². The molecule has 2 rings (SSSR count). The largest absolute Gasteiger partial charge is 0.480 e. The van der Waals surface area contributed by atoms with Crippen LogP contribution in [0.15, 0.2) is 18.2 Å². The van der Waals surface area contributed by atoms with Crippen LogP contribution in [0.4, 0.5) is 11.6 Å². The lowest BCUT2D eigenvalue weighted by atomic mass is 10.1. The Morgan fingerprint density at radius 3 is 2.75 bits per heavy atom. The second-order valence-corrected chi connectivity index (χ2v) is 4.75. The lowest BCUT2D eigenvalue weighted by Crippen LogP contribution is -2.34. The molecule has 0 saturated heterocycles. The van der Waals surface area contributed by atoms with E-state index in [1.54, 1.807) is 13.8 Å². The highest BCUT2D eigenvalue weighted by molar-refractivity contribution is 5.81. The Morgan fingerprint density at radius 1 is 1.50 bits per heavy atom. The van der Waals surface area contributed by atoms with Crippen molar-refractivity contribution in [1.29, 1.82) is 0 Å². The molecule has 0 amide bonds. The van der Waals surface area contributed by atoms with Crippen molar-refractivity contribution in [3.8, 4) is 0 Å². The highest BCUT2D eigenvalue weighted by Gasteiger charge is 2.22. The van der Waals surface area contributed by atoms with Gasteiger partial charge in [0, 0.05) is 12.1 Å². The smallest absolute Gasteiger partial charge is 0.326 e. The SMILES string of the molecule is CC(C)[C@H](Nc1nc2ccc([N+](=O)[O-])cc2[nH]1)C(=O)O. The van der Waals surface area contributed by atoms with Crippen molar-refractivity contribution < 1.29 is 14.8 Å². The second-order valence-electron chi connectivity index (χ2n) is 4.75. The summed E-state index contributed by atoms with van der Waals surface area (Å²) >= 11 is 0. The van der Waals surface area contributed by atoms with Gasteiger partial charge in [0.2, 0.25) is 5.95 Å². The maximum Gasteiger partial charge on any atom is 0.326 e. The molecule has 0 unspecified atom stereocenters. The number of imidazole rings is 1. The maximum absolute atomic E-state index is 11.1. The first-order chi connectivity index (χ1) is 9.38. The normalized spacial score (nSPS) is 12.6. The fraction of sp³-hybridized carbons (Fsp3) is 0.333. The highest BCUT2D eigenvalue weighted by atomic mass is 16.6. The monoisotopic (exact) mass is 278 g/mol. The molecular formula is C12H14N4O4. The van der Waals surface area contributed by atoms with E-state index < -0.39 is 16.9 Å². The highest BCUT2D eigenvalue weighted by Crippen LogP contribution is 2.21. The molecule has 0 aliphatic heterocycles. The van der Waals surface area contributed by atoms with Gasteiger partial charge in [0.1, 0.15) is 6.04 Å². The van der Waals surface area contributed by atoms with Crippen LogP contribution in [0.5, 0.6) is 0 Å². The zero-order chi connectivity index (χ0) is 14.9. The van der Waals surface area contributed by atoms with Gasteiger partial charge in [-0.05, 0) is 12.0 Å². The molecule has 8 heteroatoms. The van der Waals surface area contributed by atoms with E-state index in [1.165, 1.54) is 18.2 Å². The molecule has 0 aliphatic rings. The van der Waals surface area contributed by atoms with Crippen LogP contribution in [-0.2, 0) is 4.79 Å². The molecule has 0 spiro atoms. The van der Waals surface area contributed by atoms with Crippen molar-refractivity contribution in [2.45, 2.75) is 19.9 Å². The van der Waals surface area contributed by atoms with Gasteiger partial charge in [-0.25, -0.2) is 9.78 Å². The van der Waals surface area contributed by atoms with E-state index in [2.05, 4.69) is 15.3 Å². The quantitative estimate of drug-likeness (QED) is 0.568. The number of aromatic amines is 1. The van der Waals surface area contributed by atoms with Crippen LogP contribution in [0.3, 0.4) is 0 Å². The standard InChI is InChI=1S/C12H14N4O4/c1-6(2)10(11(17)18)15-12-13-8-4-3-7(16(19)20)5-9(8)14-12/h3-6,10H,1-2H3,(H,17,18)(H2,13,14,15)/t10-/m0/s1. The van der Waals surface area contributed by atoms with Gasteiger partial charge in [0.15, 0.2) is 0 Å². The number of hydrogen-bond donors (Lipinski definition) is 3. The number of nitro groups is 1. The molecule has 106 valence electrons. The number of nitrogens with zero attached hydrogens (tertiary/aromatic N) is 2. The van der Waals surface area contributed by atoms with Crippen LogP contribution in [0.1, 0.15) is 13.8 Å². The predicted octanol–water partition coefficient (Wildman–Crippen LogP) is 1.99. The molecule has 3 N–H and O–H groups in total. The minimum atomic E-state index is -0.980. The molecular weight excluding hydrogens is 264 g/mol. The molecule has 0 aliphatic carbocycles. The molecule has 8 nitrogen and oxygen atoms in total. The van der Waals surface area contributed by atoms with Crippen LogP contribution in [0, 0.1) is 16.0 Å². The number of nitrogens with one attached hydrogen (secondary N) is 2. The lowest BCUT2D eigenvalue weighted by Gasteiger charge is -2.16. The summed E-state index contributed by atoms with van der Waals surface area (Å²) in [6.45, 7) is 3.55. The van der Waals surface area contributed by atoms with Gasteiger partial charge in [-0.15, -0.1) is 0 Å². The number of rotatable bonds is 5. The number of anilines is 1. The molecule has 1 aromatic carbocycles. The van der Waals surface area contributed by atoms with Crippen molar-refractivity contribution in [3.05, 3.63) is 28.3 Å². The number of benzene rings is 1. The molecule has 1 aromatic heterocycles. The molecule has 0 bridgehead atoms. The minimum absolute atomic E-state index is 0.0497. The topological polar surface area (TPSA) is 121 Å². The van der Waals surface area contributed by atoms with E-state index in [4.69, 9.17) is 5.11 Å². The first kappa shape index (κ1) is 13.8. The second kappa shape index (κ2) is 5.16. The Labute approximate surface area is 114 Å². The van der Waals surface area contributed by atoms with Gasteiger partial charge < -0.3 is 15.4 Å². The number of fused-ring (bicyclic) bond motifs is 1. The Kier molecular flexibility index (Phi) is 3.55. The van der Waals surface area contributed by atoms with E-state index in [1.807, 2.05) is 0 Å². The first-order valence-corrected chi connectivity index (χ1v) is 6.02. The number of carbonyl (C=O) groups is 1. The number of carboxylic acids is 1. The molecule has 20 heavy (non-hydrogen) atoms. The van der Waals surface area contributed by atoms with Gasteiger partial charge in [-0.2, -0.15) is 0 Å². The van der Waals surface area contributed by atoms with E-state index in [-0.39, 0.29) is 17.6 Å². The zero-order valence-corrected chi connectivity index (χ0v) is 11.0. The summed E-state index contributed by atoms with van der Waals surface area (Å²) in [5, 5.41) is 22.6. The van der Waals surface area contributed by atoms with Crippen molar-refractivity contribution >= 4 is 28.6 Å². The average Bonchev–Trinajstić information content (AvgIpc) is 2.76. The summed E-state index contributed by atoms with van der Waals surface area (Å²) in [4.78, 5) is 28.3. The predicted molar refractivity (Wildman–Crippen MR) is 72.6 cm³/mol. The third kappa shape index (κ3) is 2.68. The fourth-order valence-electron chi connectivity index (χ4n) is 1.84. The summed E-state index contributed by atoms with van der Waals surface area (Å²) in [5.74, 6) is -0.830. The minimum Gasteiger partial charge on any atom is -0.480 e. The third-order valence-electron chi connectivity index (χ3n) is 2.90. The van der Waals surface area contributed by atoms with Crippen LogP contribution in [-0.4, -0.2) is 32.0 Å². The van der Waals surface area contributed by atoms with E-state index in [0.29, 0.717) is 11.0 Å². The zero-order valence-electron chi connectivity index (χ0n) is 11.0. The fourth-order valence-corrected chi connectivity index (χ4v) is 1.84. The summed E-state index contributed by atoms with van der Waals surface area (Å²) in [6, 6.07) is 3.44. The molecule has 0 radical (unpaired) electrons. The average molecular weight is 278 g/mol. The van der Waals surface area contributed by atoms with Crippen LogP contribution in [0.25, 0.3) is 11.0 Å². The van der Waals surface area contributed by atoms with E-state index in [0.717, 1.165) is 0 Å². The summed E-state index contributed by atoms with van der Waals surface area (Å²) < 4.78 is 0. The van der Waals surface area contributed by atoms with Crippen LogP contribution >= 0.6 is 0 Å². The molecule has 1 atom stereocenters. The number of non-ortho nitro benzene ring substituents is 1. The molecule has 1 heterocycles.